The fourth-order valence-electron chi connectivity index (χ4n) is 2.41. The van der Waals surface area contributed by atoms with E-state index in [-0.39, 0.29) is 5.95 Å². The summed E-state index contributed by atoms with van der Waals surface area (Å²) in [6.07, 6.45) is 6.91. The van der Waals surface area contributed by atoms with Crippen LogP contribution in [0.1, 0.15) is 5.56 Å². The van der Waals surface area contributed by atoms with Crippen LogP contribution in [0.5, 0.6) is 0 Å². The molecular weight excluding hydrogens is 278 g/mol. The molecular formula is C15H13N7. The number of nitrogen functional groups attached to an aromatic ring is 1. The molecule has 0 amide bonds. The van der Waals surface area contributed by atoms with Crippen molar-refractivity contribution in [3.63, 3.8) is 0 Å². The first-order valence-corrected chi connectivity index (χ1v) is 6.82. The zero-order chi connectivity index (χ0) is 14.9. The van der Waals surface area contributed by atoms with Crippen LogP contribution < -0.4 is 5.73 Å². The predicted molar refractivity (Wildman–Crippen MR) is 82.4 cm³/mol. The van der Waals surface area contributed by atoms with Crippen LogP contribution in [0.3, 0.4) is 0 Å². The molecule has 22 heavy (non-hydrogen) atoms. The summed E-state index contributed by atoms with van der Waals surface area (Å²) in [6.45, 7) is 0.678. The van der Waals surface area contributed by atoms with Gasteiger partial charge < -0.3 is 10.3 Å². The summed E-state index contributed by atoms with van der Waals surface area (Å²) in [6, 6.07) is 10.1. The maximum absolute atomic E-state index is 5.86. The number of aromatic nitrogens is 6. The van der Waals surface area contributed by atoms with Crippen LogP contribution in [0.4, 0.5) is 5.95 Å². The van der Waals surface area contributed by atoms with E-state index in [9.17, 15) is 0 Å². The van der Waals surface area contributed by atoms with Crippen LogP contribution in [0.2, 0.25) is 0 Å². The molecule has 7 heteroatoms. The lowest BCUT2D eigenvalue weighted by Gasteiger charge is -2.06. The second kappa shape index (κ2) is 4.96. The molecule has 0 aliphatic rings. The fraction of sp³-hybridized carbons (Fsp3) is 0.0667. The number of benzene rings is 1. The summed E-state index contributed by atoms with van der Waals surface area (Å²) in [5, 5.41) is 0. The SMILES string of the molecule is Nc1nc(-n2ccnc2)c2ncn(Cc3ccccc3)c2n1. The third-order valence-electron chi connectivity index (χ3n) is 3.41. The van der Waals surface area contributed by atoms with E-state index >= 15 is 0 Å². The highest BCUT2D eigenvalue weighted by molar-refractivity contribution is 5.79. The van der Waals surface area contributed by atoms with Gasteiger partial charge in [0.05, 0.1) is 12.9 Å². The molecule has 0 fully saturated rings. The van der Waals surface area contributed by atoms with Gasteiger partial charge in [0.15, 0.2) is 17.0 Å². The molecule has 7 nitrogen and oxygen atoms in total. The van der Waals surface area contributed by atoms with E-state index in [1.54, 1.807) is 29.6 Å². The smallest absolute Gasteiger partial charge is 0.224 e. The predicted octanol–water partition coefficient (Wildman–Crippen LogP) is 1.64. The van der Waals surface area contributed by atoms with E-state index in [1.807, 2.05) is 22.8 Å². The molecule has 0 aliphatic carbocycles. The first-order valence-electron chi connectivity index (χ1n) is 6.82. The standard InChI is InChI=1S/C15H13N7/c16-15-19-13(21-7-6-17-9-21)12-14(20-15)22(10-18-12)8-11-4-2-1-3-5-11/h1-7,9-10H,8H2,(H2,16,19,20). The molecule has 4 aromatic rings. The fourth-order valence-corrected chi connectivity index (χ4v) is 2.41. The zero-order valence-electron chi connectivity index (χ0n) is 11.7. The second-order valence-electron chi connectivity index (χ2n) is 4.91. The minimum absolute atomic E-state index is 0.214. The lowest BCUT2D eigenvalue weighted by atomic mass is 10.2. The van der Waals surface area contributed by atoms with E-state index in [2.05, 4.69) is 32.1 Å². The van der Waals surface area contributed by atoms with Crippen LogP contribution in [0.25, 0.3) is 17.0 Å². The molecule has 3 heterocycles. The van der Waals surface area contributed by atoms with Gasteiger partial charge in [0.25, 0.3) is 0 Å². The van der Waals surface area contributed by atoms with Crippen LogP contribution in [-0.2, 0) is 6.54 Å². The minimum atomic E-state index is 0.214. The molecule has 0 atom stereocenters. The highest BCUT2D eigenvalue weighted by atomic mass is 15.2. The lowest BCUT2D eigenvalue weighted by Crippen LogP contribution is -2.05. The summed E-state index contributed by atoms with van der Waals surface area (Å²) in [5.74, 6) is 0.845. The Kier molecular flexibility index (Phi) is 2.82. The zero-order valence-corrected chi connectivity index (χ0v) is 11.7. The molecule has 0 radical (unpaired) electrons. The Bertz CT molecular complexity index is 910. The molecule has 0 bridgehead atoms. The Morgan fingerprint density at radius 1 is 1.05 bits per heavy atom. The van der Waals surface area contributed by atoms with E-state index in [0.717, 1.165) is 0 Å². The van der Waals surface area contributed by atoms with Crippen molar-refractivity contribution in [2.75, 3.05) is 5.73 Å². The molecule has 0 saturated carbocycles. The molecule has 108 valence electrons. The third-order valence-corrected chi connectivity index (χ3v) is 3.41. The number of imidazole rings is 2. The highest BCUT2D eigenvalue weighted by Crippen LogP contribution is 2.19. The van der Waals surface area contributed by atoms with Gasteiger partial charge in [-0.2, -0.15) is 9.97 Å². The van der Waals surface area contributed by atoms with Crippen molar-refractivity contribution in [3.05, 3.63) is 60.9 Å². The average molecular weight is 291 g/mol. The highest BCUT2D eigenvalue weighted by Gasteiger charge is 2.13. The van der Waals surface area contributed by atoms with Crippen LogP contribution >= 0.6 is 0 Å². The van der Waals surface area contributed by atoms with Crippen molar-refractivity contribution < 1.29 is 0 Å². The van der Waals surface area contributed by atoms with E-state index in [1.165, 1.54) is 5.56 Å². The number of hydrogen-bond donors (Lipinski definition) is 1. The Balaban J connectivity index is 1.85. The van der Waals surface area contributed by atoms with Gasteiger partial charge in [-0.15, -0.1) is 0 Å². The van der Waals surface area contributed by atoms with Crippen molar-refractivity contribution in [1.29, 1.82) is 0 Å². The van der Waals surface area contributed by atoms with Crippen molar-refractivity contribution >= 4 is 17.1 Å². The molecule has 0 unspecified atom stereocenters. The Morgan fingerprint density at radius 2 is 1.91 bits per heavy atom. The van der Waals surface area contributed by atoms with Crippen LogP contribution in [-0.4, -0.2) is 29.1 Å². The number of anilines is 1. The van der Waals surface area contributed by atoms with Gasteiger partial charge in [0.2, 0.25) is 5.95 Å². The first kappa shape index (κ1) is 12.5. The average Bonchev–Trinajstić information content (AvgIpc) is 3.18. The number of fused-ring (bicyclic) bond motifs is 1. The van der Waals surface area contributed by atoms with Gasteiger partial charge in [0.1, 0.15) is 6.33 Å². The molecule has 0 spiro atoms. The maximum atomic E-state index is 5.86. The Morgan fingerprint density at radius 3 is 2.68 bits per heavy atom. The van der Waals surface area contributed by atoms with Gasteiger partial charge in [0, 0.05) is 12.4 Å². The molecule has 3 aromatic heterocycles. The van der Waals surface area contributed by atoms with Gasteiger partial charge in [-0.1, -0.05) is 30.3 Å². The number of rotatable bonds is 3. The largest absolute Gasteiger partial charge is 0.368 e. The van der Waals surface area contributed by atoms with Crippen LogP contribution in [0, 0.1) is 0 Å². The number of nitrogens with zero attached hydrogens (tertiary/aromatic N) is 6. The summed E-state index contributed by atoms with van der Waals surface area (Å²) in [7, 11) is 0. The minimum Gasteiger partial charge on any atom is -0.368 e. The molecule has 1 aromatic carbocycles. The quantitative estimate of drug-likeness (QED) is 0.620. The summed E-state index contributed by atoms with van der Waals surface area (Å²) < 4.78 is 3.74. The Labute approximate surface area is 126 Å². The lowest BCUT2D eigenvalue weighted by molar-refractivity contribution is 0.813. The normalized spacial score (nSPS) is 11.1. The number of nitrogens with two attached hydrogens (primary N) is 1. The molecule has 0 saturated heterocycles. The van der Waals surface area contributed by atoms with Gasteiger partial charge >= 0.3 is 0 Å². The van der Waals surface area contributed by atoms with Crippen molar-refractivity contribution in [2.24, 2.45) is 0 Å². The molecule has 0 aliphatic heterocycles. The summed E-state index contributed by atoms with van der Waals surface area (Å²) >= 11 is 0. The van der Waals surface area contributed by atoms with E-state index < -0.39 is 0 Å². The van der Waals surface area contributed by atoms with Crippen molar-refractivity contribution in [1.82, 2.24) is 29.1 Å². The number of hydrogen-bond acceptors (Lipinski definition) is 5. The third kappa shape index (κ3) is 2.08. The van der Waals surface area contributed by atoms with Gasteiger partial charge in [-0.05, 0) is 5.56 Å². The first-order chi connectivity index (χ1) is 10.8. The molecule has 4 rings (SSSR count). The van der Waals surface area contributed by atoms with Gasteiger partial charge in [-0.25, -0.2) is 9.97 Å². The van der Waals surface area contributed by atoms with Crippen LogP contribution in [0.15, 0.2) is 55.4 Å². The van der Waals surface area contributed by atoms with Crippen molar-refractivity contribution in [2.45, 2.75) is 6.54 Å². The monoisotopic (exact) mass is 291 g/mol. The van der Waals surface area contributed by atoms with Gasteiger partial charge in [-0.3, -0.25) is 4.57 Å². The molecule has 2 N–H and O–H groups in total. The van der Waals surface area contributed by atoms with Crippen molar-refractivity contribution in [3.8, 4) is 5.82 Å². The Hall–Kier alpha value is -3.22. The summed E-state index contributed by atoms with van der Waals surface area (Å²) in [4.78, 5) is 17.1. The van der Waals surface area contributed by atoms with E-state index in [0.29, 0.717) is 23.5 Å². The van der Waals surface area contributed by atoms with E-state index in [4.69, 9.17) is 5.73 Å². The second-order valence-corrected chi connectivity index (χ2v) is 4.91. The summed E-state index contributed by atoms with van der Waals surface area (Å²) in [5.41, 5.74) is 8.43. The maximum Gasteiger partial charge on any atom is 0.224 e. The topological polar surface area (TPSA) is 87.4 Å².